The summed E-state index contributed by atoms with van der Waals surface area (Å²) in [5, 5.41) is 20.6. The number of ether oxygens (including phenoxy) is 1. The second kappa shape index (κ2) is 5.47. The van der Waals surface area contributed by atoms with Crippen LogP contribution < -0.4 is 0 Å². The number of nitrogens with zero attached hydrogens (tertiary/aromatic N) is 5. The molecule has 8 nitrogen and oxygen atoms in total. The summed E-state index contributed by atoms with van der Waals surface area (Å²) >= 11 is 0. The van der Waals surface area contributed by atoms with Crippen LogP contribution in [0.4, 0.5) is 5.69 Å². The topological polar surface area (TPSA) is 88.0 Å². The van der Waals surface area contributed by atoms with Gasteiger partial charge in [0.1, 0.15) is 0 Å². The zero-order chi connectivity index (χ0) is 15.8. The number of hydrogen-bond donors (Lipinski definition) is 0. The van der Waals surface area contributed by atoms with Gasteiger partial charge >= 0.3 is 0 Å². The first-order chi connectivity index (χ1) is 11.2. The van der Waals surface area contributed by atoms with Gasteiger partial charge in [0, 0.05) is 31.1 Å². The molecule has 1 aliphatic rings. The van der Waals surface area contributed by atoms with E-state index in [0.717, 1.165) is 24.8 Å². The van der Waals surface area contributed by atoms with Gasteiger partial charge in [0.2, 0.25) is 0 Å². The van der Waals surface area contributed by atoms with Gasteiger partial charge in [-0.3, -0.25) is 10.1 Å². The molecule has 1 aliphatic heterocycles. The Kier molecular flexibility index (Phi) is 3.30. The third kappa shape index (κ3) is 2.36. The number of rotatable bonds is 3. The number of fused-ring (bicyclic) bond motifs is 1. The van der Waals surface area contributed by atoms with E-state index in [2.05, 4.69) is 10.2 Å². The third-order valence-electron chi connectivity index (χ3n) is 4.03. The molecule has 1 unspecified atom stereocenters. The van der Waals surface area contributed by atoms with Crippen LogP contribution in [-0.2, 0) is 4.74 Å². The maximum Gasteiger partial charge on any atom is 0.270 e. The molecule has 1 fully saturated rings. The van der Waals surface area contributed by atoms with Gasteiger partial charge in [-0.25, -0.2) is 9.36 Å². The standard InChI is InChI=1S/C15H15N5O3/c21-20(22)11-5-6-13-12(10-11)15(18-8-3-7-16-18)17-19(13)14-4-1-2-9-23-14/h3,5-8,10,14H,1-2,4,9H2. The van der Waals surface area contributed by atoms with Crippen LogP contribution in [0.25, 0.3) is 16.7 Å². The molecule has 3 heterocycles. The minimum absolute atomic E-state index is 0.0371. The van der Waals surface area contributed by atoms with Crippen molar-refractivity contribution in [1.82, 2.24) is 19.6 Å². The van der Waals surface area contributed by atoms with Crippen LogP contribution in [0.2, 0.25) is 0 Å². The molecule has 1 saturated heterocycles. The number of aromatic nitrogens is 4. The molecular weight excluding hydrogens is 298 g/mol. The van der Waals surface area contributed by atoms with Gasteiger partial charge in [0.15, 0.2) is 12.0 Å². The van der Waals surface area contributed by atoms with Crippen LogP contribution in [0, 0.1) is 10.1 Å². The predicted octanol–water partition coefficient (Wildman–Crippen LogP) is 2.83. The maximum absolute atomic E-state index is 11.1. The van der Waals surface area contributed by atoms with Gasteiger partial charge < -0.3 is 4.74 Å². The van der Waals surface area contributed by atoms with Crippen LogP contribution in [0.5, 0.6) is 0 Å². The Morgan fingerprint density at radius 1 is 1.35 bits per heavy atom. The third-order valence-corrected chi connectivity index (χ3v) is 4.03. The summed E-state index contributed by atoms with van der Waals surface area (Å²) in [5.41, 5.74) is 0.850. The number of non-ortho nitro benzene ring substituents is 1. The molecule has 1 atom stereocenters. The van der Waals surface area contributed by atoms with Crippen molar-refractivity contribution < 1.29 is 9.66 Å². The molecule has 8 heteroatoms. The molecule has 0 bridgehead atoms. The fraction of sp³-hybridized carbons (Fsp3) is 0.333. The molecule has 118 valence electrons. The Balaban J connectivity index is 1.92. The minimum Gasteiger partial charge on any atom is -0.356 e. The van der Waals surface area contributed by atoms with Crippen molar-refractivity contribution in [2.24, 2.45) is 0 Å². The van der Waals surface area contributed by atoms with Crippen molar-refractivity contribution in [3.8, 4) is 5.82 Å². The van der Waals surface area contributed by atoms with Gasteiger partial charge in [0.25, 0.3) is 5.69 Å². The largest absolute Gasteiger partial charge is 0.356 e. The van der Waals surface area contributed by atoms with Crippen LogP contribution in [-0.4, -0.2) is 31.1 Å². The van der Waals surface area contributed by atoms with Gasteiger partial charge in [-0.15, -0.1) is 5.10 Å². The second-order valence-corrected chi connectivity index (χ2v) is 5.50. The van der Waals surface area contributed by atoms with E-state index in [9.17, 15) is 10.1 Å². The first kappa shape index (κ1) is 13.9. The average molecular weight is 313 g/mol. The predicted molar refractivity (Wildman–Crippen MR) is 82.3 cm³/mol. The Morgan fingerprint density at radius 3 is 2.96 bits per heavy atom. The zero-order valence-corrected chi connectivity index (χ0v) is 12.3. The lowest BCUT2D eigenvalue weighted by Crippen LogP contribution is -2.19. The highest BCUT2D eigenvalue weighted by atomic mass is 16.6. The molecule has 4 rings (SSSR count). The van der Waals surface area contributed by atoms with E-state index < -0.39 is 4.92 Å². The Hall–Kier alpha value is -2.74. The highest BCUT2D eigenvalue weighted by Crippen LogP contribution is 2.31. The molecular formula is C15H15N5O3. The lowest BCUT2D eigenvalue weighted by molar-refractivity contribution is -0.384. The second-order valence-electron chi connectivity index (χ2n) is 5.50. The molecule has 0 N–H and O–H groups in total. The number of benzene rings is 1. The first-order valence-electron chi connectivity index (χ1n) is 7.52. The van der Waals surface area contributed by atoms with Gasteiger partial charge in [-0.2, -0.15) is 5.10 Å². The summed E-state index contributed by atoms with van der Waals surface area (Å²) in [6.07, 6.45) is 6.29. The van der Waals surface area contributed by atoms with E-state index in [1.165, 1.54) is 6.07 Å². The maximum atomic E-state index is 11.1. The van der Waals surface area contributed by atoms with E-state index in [1.807, 2.05) is 4.68 Å². The van der Waals surface area contributed by atoms with Crippen LogP contribution in [0.15, 0.2) is 36.7 Å². The Morgan fingerprint density at radius 2 is 2.26 bits per heavy atom. The number of hydrogen-bond acceptors (Lipinski definition) is 5. The summed E-state index contributed by atoms with van der Waals surface area (Å²) in [7, 11) is 0. The summed E-state index contributed by atoms with van der Waals surface area (Å²) in [6, 6.07) is 6.56. The molecule has 0 saturated carbocycles. The van der Waals surface area contributed by atoms with Crippen LogP contribution >= 0.6 is 0 Å². The van der Waals surface area contributed by atoms with Crippen molar-refractivity contribution in [2.75, 3.05) is 6.61 Å². The van der Waals surface area contributed by atoms with Crippen molar-refractivity contribution in [3.05, 3.63) is 46.8 Å². The quantitative estimate of drug-likeness (QED) is 0.548. The lowest BCUT2D eigenvalue weighted by atomic mass is 10.2. The Bertz CT molecular complexity index is 850. The van der Waals surface area contributed by atoms with E-state index in [-0.39, 0.29) is 11.9 Å². The van der Waals surface area contributed by atoms with E-state index in [1.54, 1.807) is 35.3 Å². The van der Waals surface area contributed by atoms with Crippen LogP contribution in [0.3, 0.4) is 0 Å². The van der Waals surface area contributed by atoms with Crippen LogP contribution in [0.1, 0.15) is 25.5 Å². The smallest absolute Gasteiger partial charge is 0.270 e. The molecule has 2 aromatic heterocycles. The molecule has 0 aliphatic carbocycles. The minimum atomic E-state index is -0.402. The average Bonchev–Trinajstić information content (AvgIpc) is 3.22. The fourth-order valence-corrected chi connectivity index (χ4v) is 2.93. The van der Waals surface area contributed by atoms with Crippen molar-refractivity contribution in [3.63, 3.8) is 0 Å². The summed E-state index contributed by atoms with van der Waals surface area (Å²) in [4.78, 5) is 10.7. The van der Waals surface area contributed by atoms with E-state index in [0.29, 0.717) is 17.8 Å². The van der Waals surface area contributed by atoms with Crippen molar-refractivity contribution in [1.29, 1.82) is 0 Å². The SMILES string of the molecule is O=[N+]([O-])c1ccc2c(c1)c(-n1cccn1)nn2C1CCCCO1. The van der Waals surface area contributed by atoms with E-state index in [4.69, 9.17) is 4.74 Å². The van der Waals surface area contributed by atoms with Crippen molar-refractivity contribution in [2.45, 2.75) is 25.5 Å². The summed E-state index contributed by atoms with van der Waals surface area (Å²) < 4.78 is 9.25. The fourth-order valence-electron chi connectivity index (χ4n) is 2.93. The highest BCUT2D eigenvalue weighted by Gasteiger charge is 2.23. The van der Waals surface area contributed by atoms with Gasteiger partial charge in [0.05, 0.1) is 15.8 Å². The molecule has 1 aromatic carbocycles. The monoisotopic (exact) mass is 313 g/mol. The zero-order valence-electron chi connectivity index (χ0n) is 12.3. The molecule has 0 spiro atoms. The van der Waals surface area contributed by atoms with E-state index >= 15 is 0 Å². The molecule has 0 amide bonds. The summed E-state index contributed by atoms with van der Waals surface area (Å²) in [5.74, 6) is 0.572. The summed E-state index contributed by atoms with van der Waals surface area (Å²) in [6.45, 7) is 0.704. The number of nitro groups is 1. The normalized spacial score (nSPS) is 18.3. The highest BCUT2D eigenvalue weighted by molar-refractivity contribution is 5.88. The van der Waals surface area contributed by atoms with Gasteiger partial charge in [-0.1, -0.05) is 0 Å². The molecule has 0 radical (unpaired) electrons. The van der Waals surface area contributed by atoms with Crippen molar-refractivity contribution >= 4 is 16.6 Å². The van der Waals surface area contributed by atoms with Gasteiger partial charge in [-0.05, 0) is 31.4 Å². The molecule has 3 aromatic rings. The lowest BCUT2D eigenvalue weighted by Gasteiger charge is -2.23. The first-order valence-corrected chi connectivity index (χ1v) is 7.52. The Labute approximate surface area is 131 Å². The number of nitro benzene ring substituents is 1. The molecule has 23 heavy (non-hydrogen) atoms.